The van der Waals surface area contributed by atoms with Crippen molar-refractivity contribution in [1.82, 2.24) is 9.55 Å². The van der Waals surface area contributed by atoms with Crippen LogP contribution in [0.2, 0.25) is 5.02 Å². The summed E-state index contributed by atoms with van der Waals surface area (Å²) in [5.41, 5.74) is 1.69. The Hall–Kier alpha value is -2.14. The third-order valence-electron chi connectivity index (χ3n) is 2.71. The lowest BCUT2D eigenvalue weighted by molar-refractivity contribution is 0.0691. The number of hydrogen-bond donors (Lipinski definition) is 1. The maximum atomic E-state index is 10.9. The number of rotatable bonds is 1. The molecule has 1 aromatic heterocycles. The average molecular weight is 262 g/mol. The molecule has 1 aliphatic rings. The second-order valence-electron chi connectivity index (χ2n) is 3.89. The largest absolute Gasteiger partial charge is 0.476 e. The van der Waals surface area contributed by atoms with E-state index in [9.17, 15) is 4.79 Å². The fourth-order valence-electron chi connectivity index (χ4n) is 1.92. The first-order valence-electron chi connectivity index (χ1n) is 5.26. The minimum Gasteiger partial charge on any atom is -0.476 e. The van der Waals surface area contributed by atoms with Gasteiger partial charge in [0.25, 0.3) is 0 Å². The summed E-state index contributed by atoms with van der Waals surface area (Å²) in [7, 11) is 0. The van der Waals surface area contributed by atoms with Gasteiger partial charge in [0, 0.05) is 23.0 Å². The van der Waals surface area contributed by atoms with Crippen molar-refractivity contribution in [3.8, 4) is 5.69 Å². The number of nitrogens with zero attached hydrogens (tertiary/aromatic N) is 3. The highest BCUT2D eigenvalue weighted by atomic mass is 35.5. The number of benzene rings is 1. The van der Waals surface area contributed by atoms with Crippen LogP contribution in [0.15, 0.2) is 29.4 Å². The number of halogens is 1. The van der Waals surface area contributed by atoms with Gasteiger partial charge in [-0.1, -0.05) is 11.6 Å². The Labute approximate surface area is 107 Å². The number of carboxylic acids is 1. The zero-order chi connectivity index (χ0) is 12.7. The molecule has 0 atom stereocenters. The van der Waals surface area contributed by atoms with Gasteiger partial charge in [-0.15, -0.1) is 0 Å². The predicted molar refractivity (Wildman–Crippen MR) is 66.8 cm³/mol. The molecule has 18 heavy (non-hydrogen) atoms. The van der Waals surface area contributed by atoms with Crippen LogP contribution >= 0.6 is 11.6 Å². The van der Waals surface area contributed by atoms with E-state index in [0.29, 0.717) is 17.4 Å². The van der Waals surface area contributed by atoms with Crippen molar-refractivity contribution in [3.63, 3.8) is 0 Å². The van der Waals surface area contributed by atoms with E-state index >= 15 is 0 Å². The fourth-order valence-corrected chi connectivity index (χ4v) is 2.10. The molecule has 1 aliphatic heterocycles. The Balaban J connectivity index is 2.24. The highest BCUT2D eigenvalue weighted by molar-refractivity contribution is 6.31. The summed E-state index contributed by atoms with van der Waals surface area (Å²) in [6.45, 7) is 0.347. The average Bonchev–Trinajstić information content (AvgIpc) is 2.67. The number of aromatic nitrogens is 2. The number of carbonyl (C=O) groups is 1. The summed E-state index contributed by atoms with van der Waals surface area (Å²) in [5.74, 6) is -0.445. The smallest absolute Gasteiger partial charge is 0.356 e. The molecule has 2 aromatic rings. The molecule has 0 spiro atoms. The number of fused-ring (bicyclic) bond motifs is 3. The molecular weight excluding hydrogens is 254 g/mol. The summed E-state index contributed by atoms with van der Waals surface area (Å²) in [6, 6.07) is 5.37. The molecule has 1 N–H and O–H groups in total. The SMILES string of the molecule is O=C(O)c1cn2c(n1)CN=Cc1cc(Cl)ccc1-2. The van der Waals surface area contributed by atoms with Crippen molar-refractivity contribution >= 4 is 23.8 Å². The van der Waals surface area contributed by atoms with Crippen LogP contribution in [0.25, 0.3) is 5.69 Å². The van der Waals surface area contributed by atoms with Gasteiger partial charge in [-0.05, 0) is 18.2 Å². The van der Waals surface area contributed by atoms with Crippen molar-refractivity contribution in [1.29, 1.82) is 0 Å². The van der Waals surface area contributed by atoms with E-state index in [0.717, 1.165) is 11.3 Å². The Morgan fingerprint density at radius 2 is 2.28 bits per heavy atom. The Kier molecular flexibility index (Phi) is 2.41. The maximum Gasteiger partial charge on any atom is 0.356 e. The van der Waals surface area contributed by atoms with E-state index in [1.54, 1.807) is 22.9 Å². The third-order valence-corrected chi connectivity index (χ3v) is 2.95. The maximum absolute atomic E-state index is 10.9. The predicted octanol–water partition coefficient (Wildman–Crippen LogP) is 2.16. The molecule has 0 unspecified atom stereocenters. The lowest BCUT2D eigenvalue weighted by atomic mass is 10.2. The van der Waals surface area contributed by atoms with Gasteiger partial charge >= 0.3 is 5.97 Å². The molecule has 90 valence electrons. The molecule has 0 fully saturated rings. The van der Waals surface area contributed by atoms with Gasteiger partial charge in [-0.2, -0.15) is 0 Å². The van der Waals surface area contributed by atoms with Crippen LogP contribution in [0.3, 0.4) is 0 Å². The van der Waals surface area contributed by atoms with Gasteiger partial charge in [0.15, 0.2) is 5.69 Å². The fraction of sp³-hybridized carbons (Fsp3) is 0.0833. The Bertz CT molecular complexity index is 676. The summed E-state index contributed by atoms with van der Waals surface area (Å²) < 4.78 is 1.74. The number of hydrogen-bond acceptors (Lipinski definition) is 3. The van der Waals surface area contributed by atoms with Gasteiger partial charge in [-0.25, -0.2) is 9.78 Å². The minimum absolute atomic E-state index is 0.0167. The summed E-state index contributed by atoms with van der Waals surface area (Å²) in [5, 5.41) is 9.57. The molecule has 0 saturated heterocycles. The van der Waals surface area contributed by atoms with Crippen molar-refractivity contribution in [2.45, 2.75) is 6.54 Å². The third kappa shape index (κ3) is 1.69. The normalized spacial score (nSPS) is 12.7. The van der Waals surface area contributed by atoms with Crippen LogP contribution in [0.1, 0.15) is 21.9 Å². The lowest BCUT2D eigenvalue weighted by Gasteiger charge is -2.07. The van der Waals surface area contributed by atoms with Crippen molar-refractivity contribution in [2.75, 3.05) is 0 Å². The van der Waals surface area contributed by atoms with E-state index in [-0.39, 0.29) is 5.69 Å². The summed E-state index contributed by atoms with van der Waals surface area (Å²) in [6.07, 6.45) is 3.22. The summed E-state index contributed by atoms with van der Waals surface area (Å²) >= 11 is 5.93. The van der Waals surface area contributed by atoms with Gasteiger partial charge in [0.1, 0.15) is 5.82 Å². The van der Waals surface area contributed by atoms with Gasteiger partial charge in [0.05, 0.1) is 12.2 Å². The number of aromatic carboxylic acids is 1. The molecule has 0 amide bonds. The highest BCUT2D eigenvalue weighted by Crippen LogP contribution is 2.23. The topological polar surface area (TPSA) is 67.5 Å². The monoisotopic (exact) mass is 261 g/mol. The minimum atomic E-state index is -1.05. The lowest BCUT2D eigenvalue weighted by Crippen LogP contribution is -1.99. The molecule has 0 saturated carbocycles. The number of imidazole rings is 1. The van der Waals surface area contributed by atoms with Crippen LogP contribution in [0.4, 0.5) is 0 Å². The molecule has 3 rings (SSSR count). The molecule has 6 heteroatoms. The first-order valence-corrected chi connectivity index (χ1v) is 5.64. The number of aliphatic imine (C=N–C) groups is 1. The second-order valence-corrected chi connectivity index (χ2v) is 4.33. The molecule has 0 radical (unpaired) electrons. The molecule has 1 aromatic carbocycles. The van der Waals surface area contributed by atoms with Crippen LogP contribution in [0.5, 0.6) is 0 Å². The quantitative estimate of drug-likeness (QED) is 0.855. The van der Waals surface area contributed by atoms with Crippen LogP contribution in [-0.4, -0.2) is 26.8 Å². The Morgan fingerprint density at radius 3 is 3.06 bits per heavy atom. The molecule has 5 nitrogen and oxygen atoms in total. The van der Waals surface area contributed by atoms with E-state index in [4.69, 9.17) is 16.7 Å². The van der Waals surface area contributed by atoms with Crippen LogP contribution in [-0.2, 0) is 6.54 Å². The van der Waals surface area contributed by atoms with E-state index in [1.807, 2.05) is 6.07 Å². The first-order chi connectivity index (χ1) is 8.65. The van der Waals surface area contributed by atoms with Gasteiger partial charge < -0.3 is 9.67 Å². The first kappa shape index (κ1) is 11.0. The molecule has 0 bridgehead atoms. The van der Waals surface area contributed by atoms with E-state index < -0.39 is 5.97 Å². The summed E-state index contributed by atoms with van der Waals surface area (Å²) in [4.78, 5) is 19.2. The molecule has 0 aliphatic carbocycles. The van der Waals surface area contributed by atoms with Gasteiger partial charge in [0.2, 0.25) is 0 Å². The second kappa shape index (κ2) is 3.96. The van der Waals surface area contributed by atoms with Crippen molar-refractivity contribution < 1.29 is 9.90 Å². The van der Waals surface area contributed by atoms with Crippen LogP contribution in [0, 0.1) is 0 Å². The standard InChI is InChI=1S/C12H8ClN3O2/c13-8-1-2-10-7(3-8)4-14-5-11-15-9(12(17)18)6-16(10)11/h1-4,6H,5H2,(H,17,18). The molecular formula is C12H8ClN3O2. The molecule has 2 heterocycles. The Morgan fingerprint density at radius 1 is 1.44 bits per heavy atom. The zero-order valence-electron chi connectivity index (χ0n) is 9.17. The number of carboxylic acid groups (broad SMARTS) is 1. The van der Waals surface area contributed by atoms with Gasteiger partial charge in [-0.3, -0.25) is 4.99 Å². The highest BCUT2D eigenvalue weighted by Gasteiger charge is 2.17. The van der Waals surface area contributed by atoms with E-state index in [2.05, 4.69) is 9.98 Å². The van der Waals surface area contributed by atoms with Crippen molar-refractivity contribution in [3.05, 3.63) is 46.5 Å². The zero-order valence-corrected chi connectivity index (χ0v) is 9.92. The van der Waals surface area contributed by atoms with E-state index in [1.165, 1.54) is 6.20 Å². The van der Waals surface area contributed by atoms with Crippen molar-refractivity contribution in [2.24, 2.45) is 4.99 Å². The van der Waals surface area contributed by atoms with Crippen LogP contribution < -0.4 is 0 Å².